The summed E-state index contributed by atoms with van der Waals surface area (Å²) < 4.78 is 10.8. The molecule has 1 atom stereocenters. The van der Waals surface area contributed by atoms with Gasteiger partial charge in [0.1, 0.15) is 0 Å². The summed E-state index contributed by atoms with van der Waals surface area (Å²) in [5, 5.41) is 9.72. The van der Waals surface area contributed by atoms with Crippen LogP contribution in [-0.4, -0.2) is 62.2 Å². The summed E-state index contributed by atoms with van der Waals surface area (Å²) >= 11 is 0. The molecule has 0 aromatic heterocycles. The Balaban J connectivity index is 3.41. The van der Waals surface area contributed by atoms with Gasteiger partial charge in [-0.1, -0.05) is 13.3 Å². The molecule has 0 spiro atoms. The van der Waals surface area contributed by atoms with E-state index in [1.807, 2.05) is 20.9 Å². The Morgan fingerprint density at radius 2 is 1.94 bits per heavy atom. The van der Waals surface area contributed by atoms with Crippen molar-refractivity contribution in [2.45, 2.75) is 45.8 Å². The molecule has 0 saturated carbocycles. The molecule has 0 fully saturated rings. The monoisotopic (exact) mass is 247 g/mol. The van der Waals surface area contributed by atoms with Crippen molar-refractivity contribution < 1.29 is 14.6 Å². The van der Waals surface area contributed by atoms with Gasteiger partial charge in [-0.25, -0.2) is 0 Å². The van der Waals surface area contributed by atoms with Crippen molar-refractivity contribution in [1.29, 1.82) is 0 Å². The lowest BCUT2D eigenvalue weighted by molar-refractivity contribution is 0.0107. The van der Waals surface area contributed by atoms with Gasteiger partial charge >= 0.3 is 0 Å². The maximum absolute atomic E-state index is 9.72. The first kappa shape index (κ1) is 16.8. The normalized spacial score (nSPS) is 13.6. The fourth-order valence-electron chi connectivity index (χ4n) is 1.41. The number of likely N-dealkylation sites (N-methyl/N-ethyl adjacent to an activating group) is 1. The summed E-state index contributed by atoms with van der Waals surface area (Å²) in [4.78, 5) is 2.07. The molecule has 0 aliphatic heterocycles. The van der Waals surface area contributed by atoms with E-state index in [9.17, 15) is 5.11 Å². The van der Waals surface area contributed by atoms with Crippen LogP contribution in [0.3, 0.4) is 0 Å². The van der Waals surface area contributed by atoms with E-state index in [0.29, 0.717) is 19.8 Å². The summed E-state index contributed by atoms with van der Waals surface area (Å²) in [6, 6.07) is 0. The first-order valence-corrected chi connectivity index (χ1v) is 6.62. The van der Waals surface area contributed by atoms with E-state index in [1.165, 1.54) is 0 Å². The molecule has 0 radical (unpaired) electrons. The second kappa shape index (κ2) is 11.0. The molecular weight excluding hydrogens is 218 g/mol. The maximum Gasteiger partial charge on any atom is 0.0900 e. The molecule has 0 aliphatic rings. The van der Waals surface area contributed by atoms with Gasteiger partial charge in [-0.15, -0.1) is 0 Å². The average Bonchev–Trinajstić information content (AvgIpc) is 2.23. The number of hydrogen-bond donors (Lipinski definition) is 1. The number of ether oxygens (including phenoxy) is 2. The molecule has 0 bridgehead atoms. The Labute approximate surface area is 106 Å². The molecular formula is C13H29NO3. The topological polar surface area (TPSA) is 41.9 Å². The standard InChI is InChI=1S/C13H29NO3/c1-5-6-8-16-11-13(15)10-14(4)7-9-17-12(2)3/h12-13,15H,5-11H2,1-4H3. The van der Waals surface area contributed by atoms with Crippen molar-refractivity contribution in [2.24, 2.45) is 0 Å². The van der Waals surface area contributed by atoms with E-state index >= 15 is 0 Å². The first-order chi connectivity index (χ1) is 8.06. The molecule has 1 N–H and O–H groups in total. The van der Waals surface area contributed by atoms with Gasteiger partial charge in [0.25, 0.3) is 0 Å². The van der Waals surface area contributed by atoms with Crippen LogP contribution in [-0.2, 0) is 9.47 Å². The third-order valence-electron chi connectivity index (χ3n) is 2.40. The molecule has 0 amide bonds. The second-order valence-corrected chi connectivity index (χ2v) is 4.76. The molecule has 1 unspecified atom stereocenters. The summed E-state index contributed by atoms with van der Waals surface area (Å²) in [6.45, 7) is 9.52. The molecule has 4 heteroatoms. The number of aliphatic hydroxyl groups is 1. The van der Waals surface area contributed by atoms with Crippen LogP contribution in [0.4, 0.5) is 0 Å². The van der Waals surface area contributed by atoms with Crippen LogP contribution in [0, 0.1) is 0 Å². The highest BCUT2D eigenvalue weighted by atomic mass is 16.5. The van der Waals surface area contributed by atoms with E-state index in [-0.39, 0.29) is 6.10 Å². The lowest BCUT2D eigenvalue weighted by atomic mass is 10.3. The molecule has 0 aromatic rings. The van der Waals surface area contributed by atoms with Gasteiger partial charge in [0, 0.05) is 19.7 Å². The first-order valence-electron chi connectivity index (χ1n) is 6.62. The van der Waals surface area contributed by atoms with Crippen LogP contribution >= 0.6 is 0 Å². The molecule has 104 valence electrons. The van der Waals surface area contributed by atoms with Gasteiger partial charge < -0.3 is 19.5 Å². The van der Waals surface area contributed by atoms with Crippen molar-refractivity contribution >= 4 is 0 Å². The lowest BCUT2D eigenvalue weighted by Crippen LogP contribution is -2.34. The summed E-state index contributed by atoms with van der Waals surface area (Å²) in [5.41, 5.74) is 0. The quantitative estimate of drug-likeness (QED) is 0.562. The average molecular weight is 247 g/mol. The molecule has 0 rings (SSSR count). The minimum atomic E-state index is -0.407. The van der Waals surface area contributed by atoms with Crippen LogP contribution in [0.2, 0.25) is 0 Å². The fourth-order valence-corrected chi connectivity index (χ4v) is 1.41. The summed E-state index contributed by atoms with van der Waals surface area (Å²) in [6.07, 6.45) is 2.05. The van der Waals surface area contributed by atoms with Crippen LogP contribution < -0.4 is 0 Å². The van der Waals surface area contributed by atoms with Gasteiger partial charge in [-0.2, -0.15) is 0 Å². The molecule has 0 heterocycles. The lowest BCUT2D eigenvalue weighted by Gasteiger charge is -2.21. The molecule has 0 aliphatic carbocycles. The fraction of sp³-hybridized carbons (Fsp3) is 1.00. The zero-order chi connectivity index (χ0) is 13.1. The number of nitrogens with zero attached hydrogens (tertiary/aromatic N) is 1. The van der Waals surface area contributed by atoms with E-state index in [2.05, 4.69) is 11.8 Å². The van der Waals surface area contributed by atoms with E-state index in [4.69, 9.17) is 9.47 Å². The van der Waals surface area contributed by atoms with Crippen LogP contribution in [0.25, 0.3) is 0 Å². The minimum Gasteiger partial charge on any atom is -0.389 e. The van der Waals surface area contributed by atoms with Crippen molar-refractivity contribution in [3.05, 3.63) is 0 Å². The molecule has 0 aromatic carbocycles. The van der Waals surface area contributed by atoms with Crippen LogP contribution in [0.15, 0.2) is 0 Å². The van der Waals surface area contributed by atoms with Crippen molar-refractivity contribution in [1.82, 2.24) is 4.90 Å². The van der Waals surface area contributed by atoms with Crippen molar-refractivity contribution in [3.63, 3.8) is 0 Å². The third kappa shape index (κ3) is 12.1. The highest BCUT2D eigenvalue weighted by molar-refractivity contribution is 4.60. The second-order valence-electron chi connectivity index (χ2n) is 4.76. The van der Waals surface area contributed by atoms with Crippen molar-refractivity contribution in [2.75, 3.05) is 40.0 Å². The number of hydrogen-bond acceptors (Lipinski definition) is 4. The Hall–Kier alpha value is -0.160. The van der Waals surface area contributed by atoms with Gasteiger partial charge in [0.15, 0.2) is 0 Å². The van der Waals surface area contributed by atoms with Crippen LogP contribution in [0.5, 0.6) is 0 Å². The molecule has 0 saturated heterocycles. The van der Waals surface area contributed by atoms with E-state index < -0.39 is 6.10 Å². The Kier molecular flexibility index (Phi) is 10.9. The summed E-state index contributed by atoms with van der Waals surface area (Å²) in [7, 11) is 1.99. The Morgan fingerprint density at radius 1 is 1.24 bits per heavy atom. The van der Waals surface area contributed by atoms with Gasteiger partial charge in [-0.3, -0.25) is 0 Å². The largest absolute Gasteiger partial charge is 0.389 e. The highest BCUT2D eigenvalue weighted by Gasteiger charge is 2.08. The Bertz CT molecular complexity index is 165. The van der Waals surface area contributed by atoms with Gasteiger partial charge in [0.05, 0.1) is 25.4 Å². The molecule has 4 nitrogen and oxygen atoms in total. The smallest absolute Gasteiger partial charge is 0.0900 e. The maximum atomic E-state index is 9.72. The number of unbranched alkanes of at least 4 members (excludes halogenated alkanes) is 1. The SMILES string of the molecule is CCCCOCC(O)CN(C)CCOC(C)C. The summed E-state index contributed by atoms with van der Waals surface area (Å²) in [5.74, 6) is 0. The zero-order valence-electron chi connectivity index (χ0n) is 11.8. The zero-order valence-corrected chi connectivity index (χ0v) is 11.8. The number of aliphatic hydroxyl groups excluding tert-OH is 1. The van der Waals surface area contributed by atoms with Gasteiger partial charge in [-0.05, 0) is 27.3 Å². The van der Waals surface area contributed by atoms with E-state index in [1.54, 1.807) is 0 Å². The predicted octanol–water partition coefficient (Wildman–Crippen LogP) is 1.52. The molecule has 17 heavy (non-hydrogen) atoms. The predicted molar refractivity (Wildman–Crippen MR) is 70.3 cm³/mol. The Morgan fingerprint density at radius 3 is 2.53 bits per heavy atom. The van der Waals surface area contributed by atoms with Crippen molar-refractivity contribution in [3.8, 4) is 0 Å². The third-order valence-corrected chi connectivity index (χ3v) is 2.40. The van der Waals surface area contributed by atoms with Gasteiger partial charge in [0.2, 0.25) is 0 Å². The van der Waals surface area contributed by atoms with E-state index in [0.717, 1.165) is 26.0 Å². The highest BCUT2D eigenvalue weighted by Crippen LogP contribution is 1.95. The minimum absolute atomic E-state index is 0.269. The number of rotatable bonds is 11. The van der Waals surface area contributed by atoms with Crippen LogP contribution in [0.1, 0.15) is 33.6 Å².